The molecule has 4 heteroatoms. The molecule has 0 spiro atoms. The lowest BCUT2D eigenvalue weighted by Gasteiger charge is -2.64. The van der Waals surface area contributed by atoms with Crippen molar-refractivity contribution in [3.8, 4) is 0 Å². The lowest BCUT2D eigenvalue weighted by atomic mass is 9.94. The molecule has 0 aromatic heterocycles. The van der Waals surface area contributed by atoms with E-state index < -0.39 is 8.40 Å². The highest BCUT2D eigenvalue weighted by Crippen LogP contribution is 2.41. The minimum Gasteiger partial charge on any atom is -0.349 e. The van der Waals surface area contributed by atoms with Crippen LogP contribution in [0.15, 0.2) is 35.3 Å². The second-order valence-electron chi connectivity index (χ2n) is 8.57. The van der Waals surface area contributed by atoms with Crippen molar-refractivity contribution >= 4 is 20.0 Å². The molecule has 2 saturated carbocycles. The first-order chi connectivity index (χ1) is 12.2. The van der Waals surface area contributed by atoms with Crippen LogP contribution < -0.4 is 0 Å². The molecule has 3 aliphatic rings. The summed E-state index contributed by atoms with van der Waals surface area (Å²) in [6.45, 7) is 5.11. The molecule has 1 heterocycles. The SMILES string of the molecule is C[Si]1(C)N(C2CCCCC2)C(=Nc2ccccc2)N1C1CCCCC1. The van der Waals surface area contributed by atoms with Crippen LogP contribution in [0.1, 0.15) is 64.2 Å². The van der Waals surface area contributed by atoms with Crippen LogP contribution in [0.25, 0.3) is 0 Å². The lowest BCUT2D eigenvalue weighted by molar-refractivity contribution is 0.202. The number of rotatable bonds is 3. The van der Waals surface area contributed by atoms with E-state index in [1.165, 1.54) is 70.2 Å². The van der Waals surface area contributed by atoms with Gasteiger partial charge in [0.1, 0.15) is 0 Å². The summed E-state index contributed by atoms with van der Waals surface area (Å²) < 4.78 is 5.60. The Bertz CT molecular complexity index is 571. The Hall–Kier alpha value is -1.29. The van der Waals surface area contributed by atoms with Crippen molar-refractivity contribution in [1.29, 1.82) is 0 Å². The number of benzene rings is 1. The molecule has 0 atom stereocenters. The fourth-order valence-electron chi connectivity index (χ4n) is 5.30. The van der Waals surface area contributed by atoms with Gasteiger partial charge in [-0.25, -0.2) is 4.99 Å². The largest absolute Gasteiger partial charge is 0.349 e. The first kappa shape index (κ1) is 17.1. The Morgan fingerprint density at radius 1 is 0.760 bits per heavy atom. The highest BCUT2D eigenvalue weighted by molar-refractivity contribution is 6.81. The van der Waals surface area contributed by atoms with E-state index in [-0.39, 0.29) is 0 Å². The van der Waals surface area contributed by atoms with Gasteiger partial charge in [0.2, 0.25) is 0 Å². The van der Waals surface area contributed by atoms with E-state index in [0.29, 0.717) is 0 Å². The molecule has 1 aliphatic heterocycles. The van der Waals surface area contributed by atoms with E-state index in [4.69, 9.17) is 4.99 Å². The van der Waals surface area contributed by atoms with Crippen LogP contribution >= 0.6 is 0 Å². The van der Waals surface area contributed by atoms with Gasteiger partial charge in [-0.05, 0) is 50.9 Å². The molecule has 1 saturated heterocycles. The third-order valence-electron chi connectivity index (χ3n) is 6.48. The zero-order valence-corrected chi connectivity index (χ0v) is 17.0. The van der Waals surface area contributed by atoms with Crippen molar-refractivity contribution in [2.24, 2.45) is 4.99 Å². The van der Waals surface area contributed by atoms with E-state index in [2.05, 4.69) is 52.6 Å². The first-order valence-corrected chi connectivity index (χ1v) is 13.3. The van der Waals surface area contributed by atoms with Crippen LogP contribution in [-0.2, 0) is 0 Å². The highest BCUT2D eigenvalue weighted by Gasteiger charge is 2.56. The van der Waals surface area contributed by atoms with Crippen LogP contribution in [0.4, 0.5) is 5.69 Å². The second-order valence-corrected chi connectivity index (χ2v) is 12.5. The first-order valence-electron chi connectivity index (χ1n) is 10.4. The van der Waals surface area contributed by atoms with E-state index >= 15 is 0 Å². The van der Waals surface area contributed by atoms with Gasteiger partial charge in [0.25, 0.3) is 8.40 Å². The molecule has 2 aliphatic carbocycles. The Balaban J connectivity index is 1.66. The molecule has 1 aromatic rings. The van der Waals surface area contributed by atoms with E-state index in [0.717, 1.165) is 17.8 Å². The summed E-state index contributed by atoms with van der Waals surface area (Å²) >= 11 is 0. The second kappa shape index (κ2) is 7.14. The number of hydrogen-bond donors (Lipinski definition) is 0. The Morgan fingerprint density at radius 3 is 1.72 bits per heavy atom. The molecule has 3 fully saturated rings. The van der Waals surface area contributed by atoms with Gasteiger partial charge in [-0.2, -0.15) is 0 Å². The maximum atomic E-state index is 5.18. The van der Waals surface area contributed by atoms with E-state index in [9.17, 15) is 0 Å². The average Bonchev–Trinajstić information content (AvgIpc) is 2.64. The van der Waals surface area contributed by atoms with Crippen molar-refractivity contribution in [2.75, 3.05) is 0 Å². The monoisotopic (exact) mass is 355 g/mol. The minimum absolute atomic E-state index is 0.734. The molecule has 0 radical (unpaired) electrons. The Morgan fingerprint density at radius 2 is 1.24 bits per heavy atom. The molecule has 0 amide bonds. The van der Waals surface area contributed by atoms with Gasteiger partial charge >= 0.3 is 0 Å². The number of hydrogen-bond acceptors (Lipinski definition) is 1. The topological polar surface area (TPSA) is 18.8 Å². The van der Waals surface area contributed by atoms with Crippen molar-refractivity contribution in [3.63, 3.8) is 0 Å². The number of para-hydroxylation sites is 1. The fourth-order valence-corrected chi connectivity index (χ4v) is 8.99. The van der Waals surface area contributed by atoms with E-state index in [1.54, 1.807) is 0 Å². The Kier molecular flexibility index (Phi) is 4.90. The Labute approximate surface area is 154 Å². The number of guanidine groups is 1. The quantitative estimate of drug-likeness (QED) is 0.652. The maximum Gasteiger partial charge on any atom is 0.263 e. The zero-order chi connectivity index (χ0) is 17.3. The van der Waals surface area contributed by atoms with Gasteiger partial charge in [0, 0.05) is 12.1 Å². The van der Waals surface area contributed by atoms with Gasteiger partial charge in [-0.1, -0.05) is 56.7 Å². The highest BCUT2D eigenvalue weighted by atomic mass is 28.3. The molecule has 4 rings (SSSR count). The van der Waals surface area contributed by atoms with Crippen LogP contribution in [0, 0.1) is 0 Å². The van der Waals surface area contributed by atoms with Crippen LogP contribution in [0.5, 0.6) is 0 Å². The van der Waals surface area contributed by atoms with Crippen molar-refractivity contribution in [3.05, 3.63) is 30.3 Å². The van der Waals surface area contributed by atoms with Crippen LogP contribution in [-0.4, -0.2) is 35.6 Å². The summed E-state index contributed by atoms with van der Waals surface area (Å²) in [5.41, 5.74) is 1.11. The summed E-state index contributed by atoms with van der Waals surface area (Å²) in [6, 6.07) is 12.1. The molecule has 0 bridgehead atoms. The van der Waals surface area contributed by atoms with Gasteiger partial charge in [0.15, 0.2) is 5.96 Å². The minimum atomic E-state index is -1.57. The van der Waals surface area contributed by atoms with Gasteiger partial charge < -0.3 is 9.13 Å². The van der Waals surface area contributed by atoms with Gasteiger partial charge in [0.05, 0.1) is 5.69 Å². The van der Waals surface area contributed by atoms with Gasteiger partial charge in [-0.3, -0.25) is 0 Å². The third kappa shape index (κ3) is 3.25. The zero-order valence-electron chi connectivity index (χ0n) is 16.0. The average molecular weight is 356 g/mol. The normalized spacial score (nSPS) is 25.0. The predicted molar refractivity (Wildman–Crippen MR) is 108 cm³/mol. The summed E-state index contributed by atoms with van der Waals surface area (Å²) in [5, 5.41) is 0. The number of aliphatic imine (C=N–C) groups is 1. The lowest BCUT2D eigenvalue weighted by Crippen LogP contribution is -2.83. The molecule has 0 N–H and O–H groups in total. The smallest absolute Gasteiger partial charge is 0.263 e. The van der Waals surface area contributed by atoms with Crippen LogP contribution in [0.2, 0.25) is 13.1 Å². The molecule has 25 heavy (non-hydrogen) atoms. The molecule has 1 aromatic carbocycles. The molecule has 3 nitrogen and oxygen atoms in total. The van der Waals surface area contributed by atoms with Crippen molar-refractivity contribution in [2.45, 2.75) is 89.4 Å². The standard InChI is InChI=1S/C21H33N3Si/c1-25(2)23(19-14-8-4-9-15-19)21(22-18-12-6-3-7-13-18)24(25)20-16-10-5-11-17-20/h3,6-7,12-13,19-20H,4-5,8-11,14-17H2,1-2H3. The molecule has 0 unspecified atom stereocenters. The molecule has 136 valence electrons. The van der Waals surface area contributed by atoms with Crippen molar-refractivity contribution < 1.29 is 0 Å². The summed E-state index contributed by atoms with van der Waals surface area (Å²) in [6.07, 6.45) is 13.9. The summed E-state index contributed by atoms with van der Waals surface area (Å²) in [5.74, 6) is 1.31. The van der Waals surface area contributed by atoms with Gasteiger partial charge in [-0.15, -0.1) is 0 Å². The van der Waals surface area contributed by atoms with E-state index in [1.807, 2.05) is 0 Å². The third-order valence-corrected chi connectivity index (χ3v) is 9.96. The summed E-state index contributed by atoms with van der Waals surface area (Å²) in [4.78, 5) is 5.18. The predicted octanol–water partition coefficient (Wildman–Crippen LogP) is 5.66. The number of nitrogens with zero attached hydrogens (tertiary/aromatic N) is 3. The maximum absolute atomic E-state index is 5.18. The van der Waals surface area contributed by atoms with Crippen molar-refractivity contribution in [1.82, 2.24) is 9.13 Å². The van der Waals surface area contributed by atoms with Crippen LogP contribution in [0.3, 0.4) is 0 Å². The molecular weight excluding hydrogens is 322 g/mol. The fraction of sp³-hybridized carbons (Fsp3) is 0.667. The summed E-state index contributed by atoms with van der Waals surface area (Å²) in [7, 11) is -1.57. The molecular formula is C21H33N3Si.